The van der Waals surface area contributed by atoms with Crippen molar-refractivity contribution >= 4 is 34.9 Å². The van der Waals surface area contributed by atoms with E-state index in [1.54, 1.807) is 13.0 Å². The molecule has 140 valence electrons. The van der Waals surface area contributed by atoms with Gasteiger partial charge in [-0.1, -0.05) is 6.92 Å². The summed E-state index contributed by atoms with van der Waals surface area (Å²) in [5, 5.41) is 15.9. The van der Waals surface area contributed by atoms with Crippen molar-refractivity contribution < 1.29 is 14.7 Å². The highest BCUT2D eigenvalue weighted by Crippen LogP contribution is 2.26. The zero-order valence-electron chi connectivity index (χ0n) is 15.0. The van der Waals surface area contributed by atoms with E-state index >= 15 is 0 Å². The number of hydrogen-bond donors (Lipinski definition) is 4. The normalized spacial score (nSPS) is 10.7. The number of H-pyrrole nitrogens is 1. The van der Waals surface area contributed by atoms with Gasteiger partial charge in [-0.2, -0.15) is 0 Å². The number of aromatic carboxylic acids is 1. The molecule has 3 aromatic rings. The molecule has 3 heterocycles. The molecule has 0 aromatic carbocycles. The summed E-state index contributed by atoms with van der Waals surface area (Å²) in [6, 6.07) is 3.10. The minimum Gasteiger partial charge on any atom is -0.478 e. The van der Waals surface area contributed by atoms with Crippen molar-refractivity contribution in [2.75, 3.05) is 23.7 Å². The standard InChI is InChI=1S/C18H20N6O3/c1-3-13-12(9-25)15-16(22-10(2)23-17(15)24-13)20-7-6-19-14-5-4-11(8-21-14)18(26)27/h4-5,8-9H,3,6-7H2,1-2H3,(H,19,21)(H,26,27)(H2,20,22,23,24). The third-order valence-corrected chi connectivity index (χ3v) is 4.09. The first-order valence-electron chi connectivity index (χ1n) is 8.55. The molecule has 0 aliphatic carbocycles. The number of carbonyl (C=O) groups is 2. The van der Waals surface area contributed by atoms with Gasteiger partial charge in [0, 0.05) is 30.5 Å². The zero-order chi connectivity index (χ0) is 19.4. The summed E-state index contributed by atoms with van der Waals surface area (Å²) < 4.78 is 0. The molecular formula is C18H20N6O3. The first kappa shape index (κ1) is 18.3. The molecule has 0 saturated heterocycles. The van der Waals surface area contributed by atoms with Crippen LogP contribution < -0.4 is 10.6 Å². The first-order valence-corrected chi connectivity index (χ1v) is 8.55. The Morgan fingerprint density at radius 2 is 2.04 bits per heavy atom. The van der Waals surface area contributed by atoms with Crippen LogP contribution in [0, 0.1) is 6.92 Å². The maximum Gasteiger partial charge on any atom is 0.337 e. The SMILES string of the molecule is CCc1[nH]c2nc(C)nc(NCCNc3ccc(C(=O)O)cn3)c2c1C=O. The summed E-state index contributed by atoms with van der Waals surface area (Å²) in [7, 11) is 0. The third-order valence-electron chi connectivity index (χ3n) is 4.09. The van der Waals surface area contributed by atoms with Gasteiger partial charge in [-0.3, -0.25) is 4.79 Å². The number of nitrogens with zero attached hydrogens (tertiary/aromatic N) is 3. The highest BCUT2D eigenvalue weighted by atomic mass is 16.4. The van der Waals surface area contributed by atoms with Crippen molar-refractivity contribution in [3.8, 4) is 0 Å². The summed E-state index contributed by atoms with van der Waals surface area (Å²) >= 11 is 0. The summed E-state index contributed by atoms with van der Waals surface area (Å²) in [6.45, 7) is 4.83. The predicted molar refractivity (Wildman–Crippen MR) is 102 cm³/mol. The molecule has 0 saturated carbocycles. The second-order valence-electron chi connectivity index (χ2n) is 5.92. The molecule has 3 rings (SSSR count). The molecule has 0 radical (unpaired) electrons. The smallest absolute Gasteiger partial charge is 0.337 e. The van der Waals surface area contributed by atoms with Crippen LogP contribution >= 0.6 is 0 Å². The molecule has 0 spiro atoms. The molecule has 27 heavy (non-hydrogen) atoms. The van der Waals surface area contributed by atoms with Crippen LogP contribution in [-0.2, 0) is 6.42 Å². The van der Waals surface area contributed by atoms with Crippen molar-refractivity contribution in [3.63, 3.8) is 0 Å². The van der Waals surface area contributed by atoms with Crippen molar-refractivity contribution in [2.45, 2.75) is 20.3 Å². The Kier molecular flexibility index (Phi) is 5.30. The Morgan fingerprint density at radius 1 is 1.26 bits per heavy atom. The van der Waals surface area contributed by atoms with Crippen LogP contribution in [0.25, 0.3) is 11.0 Å². The summed E-state index contributed by atoms with van der Waals surface area (Å²) in [5.74, 6) is 0.772. The second kappa shape index (κ2) is 7.81. The fourth-order valence-electron chi connectivity index (χ4n) is 2.81. The van der Waals surface area contributed by atoms with Gasteiger partial charge in [-0.15, -0.1) is 0 Å². The van der Waals surface area contributed by atoms with Crippen molar-refractivity contribution in [1.82, 2.24) is 19.9 Å². The summed E-state index contributed by atoms with van der Waals surface area (Å²) in [4.78, 5) is 38.4. The first-order chi connectivity index (χ1) is 13.0. The molecule has 0 aliphatic heterocycles. The van der Waals surface area contributed by atoms with Gasteiger partial charge in [0.2, 0.25) is 0 Å². The van der Waals surface area contributed by atoms with E-state index in [0.717, 1.165) is 12.0 Å². The molecule has 9 nitrogen and oxygen atoms in total. The van der Waals surface area contributed by atoms with Gasteiger partial charge in [0.15, 0.2) is 6.29 Å². The zero-order valence-corrected chi connectivity index (χ0v) is 15.0. The van der Waals surface area contributed by atoms with Crippen LogP contribution in [0.3, 0.4) is 0 Å². The maximum absolute atomic E-state index is 11.5. The minimum atomic E-state index is -1.01. The van der Waals surface area contributed by atoms with E-state index in [0.29, 0.717) is 53.6 Å². The number of rotatable bonds is 8. The van der Waals surface area contributed by atoms with Gasteiger partial charge in [-0.25, -0.2) is 19.7 Å². The lowest BCUT2D eigenvalue weighted by Gasteiger charge is -2.10. The molecule has 0 amide bonds. The van der Waals surface area contributed by atoms with Crippen LogP contribution in [0.15, 0.2) is 18.3 Å². The molecule has 4 N–H and O–H groups in total. The van der Waals surface area contributed by atoms with E-state index in [4.69, 9.17) is 5.11 Å². The molecule has 0 bridgehead atoms. The fraction of sp³-hybridized carbons (Fsp3) is 0.278. The quantitative estimate of drug-likeness (QED) is 0.351. The van der Waals surface area contributed by atoms with Crippen LogP contribution in [0.1, 0.15) is 39.2 Å². The van der Waals surface area contributed by atoms with Gasteiger partial charge in [0.25, 0.3) is 0 Å². The number of aryl methyl sites for hydroxylation is 2. The van der Waals surface area contributed by atoms with E-state index in [-0.39, 0.29) is 5.56 Å². The van der Waals surface area contributed by atoms with E-state index in [9.17, 15) is 9.59 Å². The van der Waals surface area contributed by atoms with Crippen LogP contribution in [0.2, 0.25) is 0 Å². The number of nitrogens with one attached hydrogen (secondary N) is 3. The predicted octanol–water partition coefficient (Wildman–Crippen LogP) is 2.26. The van der Waals surface area contributed by atoms with Crippen LogP contribution in [0.5, 0.6) is 0 Å². The molecule has 9 heteroatoms. The molecule has 0 fully saturated rings. The lowest BCUT2D eigenvalue weighted by Crippen LogP contribution is -2.16. The Hall–Kier alpha value is -3.49. The van der Waals surface area contributed by atoms with Gasteiger partial charge in [0.05, 0.1) is 10.9 Å². The maximum atomic E-state index is 11.5. The van der Waals surface area contributed by atoms with Crippen molar-refractivity contribution in [3.05, 3.63) is 41.0 Å². The topological polar surface area (TPSA) is 133 Å². The minimum absolute atomic E-state index is 0.137. The van der Waals surface area contributed by atoms with Gasteiger partial charge < -0.3 is 20.7 Å². The number of carboxylic acids is 1. The highest BCUT2D eigenvalue weighted by molar-refractivity contribution is 6.03. The number of aldehydes is 1. The lowest BCUT2D eigenvalue weighted by atomic mass is 10.1. The number of hydrogen-bond acceptors (Lipinski definition) is 7. The molecular weight excluding hydrogens is 348 g/mol. The van der Waals surface area contributed by atoms with E-state index < -0.39 is 5.97 Å². The monoisotopic (exact) mass is 368 g/mol. The van der Waals surface area contributed by atoms with E-state index in [2.05, 4.69) is 30.6 Å². The number of aromatic amines is 1. The summed E-state index contributed by atoms with van der Waals surface area (Å²) in [5.41, 5.74) is 2.19. The van der Waals surface area contributed by atoms with Crippen LogP contribution in [-0.4, -0.2) is 50.4 Å². The largest absolute Gasteiger partial charge is 0.478 e. The second-order valence-corrected chi connectivity index (χ2v) is 5.92. The molecule has 0 unspecified atom stereocenters. The fourth-order valence-corrected chi connectivity index (χ4v) is 2.81. The number of aromatic nitrogens is 4. The Bertz CT molecular complexity index is 981. The highest BCUT2D eigenvalue weighted by Gasteiger charge is 2.16. The Morgan fingerprint density at radius 3 is 2.67 bits per heavy atom. The van der Waals surface area contributed by atoms with Gasteiger partial charge >= 0.3 is 5.97 Å². The summed E-state index contributed by atoms with van der Waals surface area (Å²) in [6.07, 6.45) is 2.83. The number of carbonyl (C=O) groups excluding carboxylic acids is 1. The lowest BCUT2D eigenvalue weighted by molar-refractivity contribution is 0.0696. The van der Waals surface area contributed by atoms with Crippen molar-refractivity contribution in [1.29, 1.82) is 0 Å². The van der Waals surface area contributed by atoms with Gasteiger partial charge in [0.1, 0.15) is 23.1 Å². The van der Waals surface area contributed by atoms with E-state index in [1.165, 1.54) is 12.3 Å². The molecule has 3 aromatic heterocycles. The number of carboxylic acid groups (broad SMARTS) is 1. The Labute approximate surface area is 155 Å². The van der Waals surface area contributed by atoms with Gasteiger partial charge in [-0.05, 0) is 25.5 Å². The third kappa shape index (κ3) is 3.86. The average Bonchev–Trinajstić information content (AvgIpc) is 3.02. The number of fused-ring (bicyclic) bond motifs is 1. The number of pyridine rings is 1. The molecule has 0 aliphatic rings. The average molecular weight is 368 g/mol. The Balaban J connectivity index is 1.70. The molecule has 0 atom stereocenters. The van der Waals surface area contributed by atoms with Crippen LogP contribution in [0.4, 0.5) is 11.6 Å². The number of anilines is 2. The van der Waals surface area contributed by atoms with E-state index in [1.807, 2.05) is 6.92 Å². The van der Waals surface area contributed by atoms with Crippen molar-refractivity contribution in [2.24, 2.45) is 0 Å².